The Morgan fingerprint density at radius 2 is 1.24 bits per heavy atom. The van der Waals surface area contributed by atoms with Gasteiger partial charge in [0.15, 0.2) is 11.5 Å². The predicted octanol–water partition coefficient (Wildman–Crippen LogP) is 5.53. The largest absolute Gasteiger partial charge is 0.493 e. The Hall–Kier alpha value is -2.59. The highest BCUT2D eigenvalue weighted by molar-refractivity contribution is 7.99. The summed E-state index contributed by atoms with van der Waals surface area (Å²) in [6.07, 6.45) is 0. The Labute approximate surface area is 152 Å². The van der Waals surface area contributed by atoms with Gasteiger partial charge in [-0.3, -0.25) is 0 Å². The van der Waals surface area contributed by atoms with Gasteiger partial charge in [-0.25, -0.2) is 0 Å². The lowest BCUT2D eigenvalue weighted by Gasteiger charge is -2.14. The molecule has 0 saturated heterocycles. The molecule has 0 bridgehead atoms. The fourth-order valence-electron chi connectivity index (χ4n) is 2.62. The van der Waals surface area contributed by atoms with Gasteiger partial charge in [-0.2, -0.15) is 0 Å². The minimum Gasteiger partial charge on any atom is -0.493 e. The van der Waals surface area contributed by atoms with Crippen LogP contribution >= 0.6 is 11.8 Å². The molecule has 3 aromatic carbocycles. The van der Waals surface area contributed by atoms with Crippen molar-refractivity contribution >= 4 is 11.8 Å². The van der Waals surface area contributed by atoms with Crippen LogP contribution in [0.2, 0.25) is 0 Å². The van der Waals surface area contributed by atoms with Gasteiger partial charge in [-0.05, 0) is 35.4 Å². The second-order valence-electron chi connectivity index (χ2n) is 5.36. The topological polar surface area (TPSA) is 27.7 Å². The second-order valence-corrected chi connectivity index (χ2v) is 6.50. The quantitative estimate of drug-likeness (QED) is 0.583. The minimum atomic E-state index is 0.604. The smallest absolute Gasteiger partial charge is 0.203 e. The maximum absolute atomic E-state index is 5.43. The van der Waals surface area contributed by atoms with E-state index >= 15 is 0 Å². The van der Waals surface area contributed by atoms with Crippen LogP contribution in [0.4, 0.5) is 0 Å². The standard InChI is InChI=1S/C21H20O3S/c1-22-19-13-18(14-20(23-2)21(19)24-3)25-17-11-7-10-16(12-17)15-8-5-4-6-9-15/h4-14H,1-3H3. The Balaban J connectivity index is 1.93. The van der Waals surface area contributed by atoms with Crippen LogP contribution in [-0.4, -0.2) is 21.3 Å². The van der Waals surface area contributed by atoms with Crippen LogP contribution in [0.1, 0.15) is 0 Å². The molecule has 0 fully saturated rings. The highest BCUT2D eigenvalue weighted by Gasteiger charge is 2.14. The van der Waals surface area contributed by atoms with E-state index in [2.05, 4.69) is 36.4 Å². The van der Waals surface area contributed by atoms with E-state index in [9.17, 15) is 0 Å². The Morgan fingerprint density at radius 3 is 1.84 bits per heavy atom. The SMILES string of the molecule is COc1cc(Sc2cccc(-c3ccccc3)c2)cc(OC)c1OC. The zero-order chi connectivity index (χ0) is 17.6. The molecular formula is C21H20O3S. The summed E-state index contributed by atoms with van der Waals surface area (Å²) in [7, 11) is 4.86. The maximum atomic E-state index is 5.43. The van der Waals surface area contributed by atoms with Gasteiger partial charge in [0.1, 0.15) is 0 Å². The zero-order valence-electron chi connectivity index (χ0n) is 14.5. The Kier molecular flexibility index (Phi) is 5.51. The van der Waals surface area contributed by atoms with Crippen LogP contribution < -0.4 is 14.2 Å². The lowest BCUT2D eigenvalue weighted by molar-refractivity contribution is 0.323. The zero-order valence-corrected chi connectivity index (χ0v) is 15.3. The van der Waals surface area contributed by atoms with Crippen LogP contribution in [0, 0.1) is 0 Å². The highest BCUT2D eigenvalue weighted by Crippen LogP contribution is 2.42. The van der Waals surface area contributed by atoms with Gasteiger partial charge in [0.25, 0.3) is 0 Å². The molecule has 4 heteroatoms. The van der Waals surface area contributed by atoms with Gasteiger partial charge in [-0.1, -0.05) is 54.2 Å². The van der Waals surface area contributed by atoms with Crippen molar-refractivity contribution in [3.05, 3.63) is 66.7 Å². The van der Waals surface area contributed by atoms with Gasteiger partial charge >= 0.3 is 0 Å². The first-order valence-electron chi connectivity index (χ1n) is 7.88. The first-order chi connectivity index (χ1) is 12.2. The van der Waals surface area contributed by atoms with Crippen molar-refractivity contribution in [3.8, 4) is 28.4 Å². The summed E-state index contributed by atoms with van der Waals surface area (Å²) in [5.41, 5.74) is 2.40. The molecule has 0 saturated carbocycles. The number of ether oxygens (including phenoxy) is 3. The third-order valence-corrected chi connectivity index (χ3v) is 4.78. The summed E-state index contributed by atoms with van der Waals surface area (Å²) >= 11 is 1.66. The molecule has 0 amide bonds. The van der Waals surface area contributed by atoms with Crippen molar-refractivity contribution in [1.29, 1.82) is 0 Å². The molecule has 0 unspecified atom stereocenters. The fourth-order valence-corrected chi connectivity index (χ4v) is 3.56. The van der Waals surface area contributed by atoms with Gasteiger partial charge < -0.3 is 14.2 Å². The molecule has 0 aliphatic rings. The Bertz CT molecular complexity index is 822. The van der Waals surface area contributed by atoms with Crippen LogP contribution in [0.25, 0.3) is 11.1 Å². The number of methoxy groups -OCH3 is 3. The van der Waals surface area contributed by atoms with Gasteiger partial charge in [0.05, 0.1) is 21.3 Å². The minimum absolute atomic E-state index is 0.604. The normalized spacial score (nSPS) is 10.4. The van der Waals surface area contributed by atoms with E-state index in [4.69, 9.17) is 14.2 Å². The third kappa shape index (κ3) is 3.91. The molecule has 0 radical (unpaired) electrons. The third-order valence-electron chi connectivity index (χ3n) is 3.82. The maximum Gasteiger partial charge on any atom is 0.203 e. The number of hydrogen-bond acceptors (Lipinski definition) is 4. The van der Waals surface area contributed by atoms with Gasteiger partial charge in [0, 0.05) is 9.79 Å². The molecule has 0 aliphatic carbocycles. The highest BCUT2D eigenvalue weighted by atomic mass is 32.2. The average molecular weight is 352 g/mol. The van der Waals surface area contributed by atoms with E-state index in [0.29, 0.717) is 17.2 Å². The van der Waals surface area contributed by atoms with Gasteiger partial charge in [-0.15, -0.1) is 0 Å². The first kappa shape index (κ1) is 17.2. The second kappa shape index (κ2) is 7.99. The van der Waals surface area contributed by atoms with Gasteiger partial charge in [0.2, 0.25) is 5.75 Å². The summed E-state index contributed by atoms with van der Waals surface area (Å²) in [5, 5.41) is 0. The molecule has 3 nitrogen and oxygen atoms in total. The molecule has 0 atom stereocenters. The first-order valence-corrected chi connectivity index (χ1v) is 8.70. The molecule has 3 aromatic rings. The molecule has 128 valence electrons. The fraction of sp³-hybridized carbons (Fsp3) is 0.143. The van der Waals surface area contributed by atoms with E-state index in [1.807, 2.05) is 30.3 Å². The summed E-state index contributed by atoms with van der Waals surface area (Å²) in [6, 6.07) is 22.7. The predicted molar refractivity (Wildman–Crippen MR) is 102 cm³/mol. The molecule has 0 aromatic heterocycles. The lowest BCUT2D eigenvalue weighted by atomic mass is 10.1. The van der Waals surface area contributed by atoms with Crippen LogP contribution in [0.3, 0.4) is 0 Å². The molecular weight excluding hydrogens is 332 g/mol. The molecule has 0 spiro atoms. The van der Waals surface area contributed by atoms with E-state index in [1.165, 1.54) is 11.1 Å². The lowest BCUT2D eigenvalue weighted by Crippen LogP contribution is -1.95. The molecule has 25 heavy (non-hydrogen) atoms. The van der Waals surface area contributed by atoms with Crippen LogP contribution in [0.15, 0.2) is 76.5 Å². The van der Waals surface area contributed by atoms with E-state index in [0.717, 1.165) is 9.79 Å². The summed E-state index contributed by atoms with van der Waals surface area (Å²) in [6.45, 7) is 0. The van der Waals surface area contributed by atoms with Crippen molar-refractivity contribution in [2.45, 2.75) is 9.79 Å². The molecule has 0 heterocycles. The molecule has 3 rings (SSSR count). The van der Waals surface area contributed by atoms with Crippen LogP contribution in [-0.2, 0) is 0 Å². The van der Waals surface area contributed by atoms with Crippen LogP contribution in [0.5, 0.6) is 17.2 Å². The van der Waals surface area contributed by atoms with Crippen molar-refractivity contribution in [1.82, 2.24) is 0 Å². The number of hydrogen-bond donors (Lipinski definition) is 0. The Morgan fingerprint density at radius 1 is 0.600 bits per heavy atom. The average Bonchev–Trinajstić information content (AvgIpc) is 2.68. The number of benzene rings is 3. The molecule has 0 aliphatic heterocycles. The number of rotatable bonds is 6. The monoisotopic (exact) mass is 352 g/mol. The summed E-state index contributed by atoms with van der Waals surface area (Å²) < 4.78 is 16.2. The van der Waals surface area contributed by atoms with Crippen molar-refractivity contribution in [2.75, 3.05) is 21.3 Å². The van der Waals surface area contributed by atoms with Crippen molar-refractivity contribution in [2.24, 2.45) is 0 Å². The van der Waals surface area contributed by atoms with E-state index in [1.54, 1.807) is 33.1 Å². The van der Waals surface area contributed by atoms with Crippen molar-refractivity contribution in [3.63, 3.8) is 0 Å². The summed E-state index contributed by atoms with van der Waals surface area (Å²) in [4.78, 5) is 2.18. The van der Waals surface area contributed by atoms with E-state index in [-0.39, 0.29) is 0 Å². The van der Waals surface area contributed by atoms with Crippen molar-refractivity contribution < 1.29 is 14.2 Å². The van der Waals surface area contributed by atoms with E-state index < -0.39 is 0 Å². The summed E-state index contributed by atoms with van der Waals surface area (Å²) in [5.74, 6) is 1.92. The molecule has 0 N–H and O–H groups in total.